The van der Waals surface area contributed by atoms with Gasteiger partial charge in [0, 0.05) is 42.0 Å². The second-order valence-electron chi connectivity index (χ2n) is 7.42. The molecule has 1 saturated heterocycles. The average molecular weight is 393 g/mol. The zero-order chi connectivity index (χ0) is 20.3. The van der Waals surface area contributed by atoms with Crippen molar-refractivity contribution in [1.29, 1.82) is 0 Å². The summed E-state index contributed by atoms with van der Waals surface area (Å²) in [4.78, 5) is 10.6. The molecule has 1 aliphatic heterocycles. The summed E-state index contributed by atoms with van der Waals surface area (Å²) >= 11 is 0. The van der Waals surface area contributed by atoms with Gasteiger partial charge in [0.2, 0.25) is 0 Å². The molecule has 0 saturated carbocycles. The molecule has 0 amide bonds. The van der Waals surface area contributed by atoms with E-state index in [-0.39, 0.29) is 18.5 Å². The lowest BCUT2D eigenvalue weighted by atomic mass is 9.77. The van der Waals surface area contributed by atoms with Crippen molar-refractivity contribution in [3.05, 3.63) is 95.8 Å². The van der Waals surface area contributed by atoms with Gasteiger partial charge in [-0.1, -0.05) is 24.3 Å². The first-order valence-corrected chi connectivity index (χ1v) is 9.80. The van der Waals surface area contributed by atoms with Crippen LogP contribution in [0.1, 0.15) is 35.6 Å². The molecule has 150 valence electrons. The number of aromatic nitrogens is 2. The molecule has 0 bridgehead atoms. The summed E-state index contributed by atoms with van der Waals surface area (Å²) in [5, 5.41) is 22.3. The Balaban J connectivity index is 1.94. The normalized spacial score (nSPS) is 18.7. The average Bonchev–Trinajstić information content (AvgIpc) is 3.24. The molecule has 0 radical (unpaired) electrons. The van der Waals surface area contributed by atoms with Crippen LogP contribution in [-0.4, -0.2) is 44.3 Å². The van der Waals surface area contributed by atoms with E-state index in [1.54, 1.807) is 49.1 Å². The van der Waals surface area contributed by atoms with E-state index < -0.39 is 11.6 Å². The van der Waals surface area contributed by atoms with Crippen LogP contribution in [0.25, 0.3) is 0 Å². The van der Waals surface area contributed by atoms with Crippen LogP contribution >= 0.6 is 0 Å². The molecule has 2 N–H and O–H groups in total. The van der Waals surface area contributed by atoms with E-state index in [9.17, 15) is 14.6 Å². The maximum absolute atomic E-state index is 13.7. The van der Waals surface area contributed by atoms with Crippen molar-refractivity contribution in [2.75, 3.05) is 13.2 Å². The zero-order valence-electron chi connectivity index (χ0n) is 16.0. The number of aliphatic hydroxyl groups is 2. The highest BCUT2D eigenvalue weighted by Gasteiger charge is 2.47. The van der Waals surface area contributed by atoms with Crippen molar-refractivity contribution in [3.63, 3.8) is 0 Å². The molecule has 1 unspecified atom stereocenters. The first-order chi connectivity index (χ1) is 14.1. The van der Waals surface area contributed by atoms with Crippen LogP contribution in [0.15, 0.2) is 73.3 Å². The Morgan fingerprint density at radius 3 is 2.17 bits per heavy atom. The fraction of sp³-hybridized carbons (Fsp3) is 0.304. The van der Waals surface area contributed by atoms with Gasteiger partial charge in [0.05, 0.1) is 12.6 Å². The van der Waals surface area contributed by atoms with Crippen molar-refractivity contribution in [2.24, 2.45) is 0 Å². The lowest BCUT2D eigenvalue weighted by Gasteiger charge is -2.44. The topological polar surface area (TPSA) is 69.5 Å². The quantitative estimate of drug-likeness (QED) is 0.674. The summed E-state index contributed by atoms with van der Waals surface area (Å²) < 4.78 is 13.7. The first-order valence-electron chi connectivity index (χ1n) is 9.80. The second kappa shape index (κ2) is 8.37. The van der Waals surface area contributed by atoms with E-state index in [0.29, 0.717) is 11.1 Å². The molecule has 1 fully saturated rings. The van der Waals surface area contributed by atoms with Gasteiger partial charge in [-0.15, -0.1) is 0 Å². The summed E-state index contributed by atoms with van der Waals surface area (Å²) in [6.07, 6.45) is 8.36. The largest absolute Gasteiger partial charge is 0.395 e. The summed E-state index contributed by atoms with van der Waals surface area (Å²) in [6, 6.07) is 12.8. The predicted molar refractivity (Wildman–Crippen MR) is 107 cm³/mol. The van der Waals surface area contributed by atoms with Crippen LogP contribution in [-0.2, 0) is 5.60 Å². The number of aliphatic hydroxyl groups excluding tert-OH is 1. The maximum atomic E-state index is 13.7. The van der Waals surface area contributed by atoms with E-state index in [4.69, 9.17) is 0 Å². The fourth-order valence-electron chi connectivity index (χ4n) is 4.37. The summed E-state index contributed by atoms with van der Waals surface area (Å²) in [5.41, 5.74) is 0.511. The number of pyridine rings is 2. The lowest BCUT2D eigenvalue weighted by molar-refractivity contribution is -0.0361. The summed E-state index contributed by atoms with van der Waals surface area (Å²) in [5.74, 6) is -0.334. The molecule has 2 atom stereocenters. The number of benzene rings is 1. The van der Waals surface area contributed by atoms with Gasteiger partial charge >= 0.3 is 0 Å². The molecule has 3 heterocycles. The molecule has 29 heavy (non-hydrogen) atoms. The van der Waals surface area contributed by atoms with Gasteiger partial charge in [-0.25, -0.2) is 4.39 Å². The molecular formula is C23H24FN3O2. The molecule has 2 aromatic heterocycles. The highest BCUT2D eigenvalue weighted by Crippen LogP contribution is 2.46. The van der Waals surface area contributed by atoms with Crippen LogP contribution in [0.5, 0.6) is 0 Å². The zero-order valence-corrected chi connectivity index (χ0v) is 16.0. The number of halogens is 1. The third-order valence-electron chi connectivity index (χ3n) is 5.75. The van der Waals surface area contributed by atoms with Crippen LogP contribution < -0.4 is 0 Å². The molecule has 1 aromatic carbocycles. The van der Waals surface area contributed by atoms with Crippen molar-refractivity contribution >= 4 is 0 Å². The van der Waals surface area contributed by atoms with E-state index in [0.717, 1.165) is 24.9 Å². The molecule has 6 heteroatoms. The number of likely N-dealkylation sites (tertiary alicyclic amines) is 1. The molecule has 1 aliphatic rings. The standard InChI is InChI=1S/C23H24FN3O2/c24-20-9-7-17(8-10-20)22(27-13-3-6-21(27)16-28)23(29,18-4-1-11-25-14-18)19-5-2-12-26-15-19/h1-2,4-5,7-12,14-15,21-22,28-29H,3,6,13,16H2/t21-,22?/m0/s1. The predicted octanol–water partition coefficient (Wildman–Crippen LogP) is 3.05. The number of hydrogen-bond acceptors (Lipinski definition) is 5. The van der Waals surface area contributed by atoms with E-state index >= 15 is 0 Å². The lowest BCUT2D eigenvalue weighted by Crippen LogP contribution is -2.48. The third kappa shape index (κ3) is 3.67. The third-order valence-corrected chi connectivity index (χ3v) is 5.75. The monoisotopic (exact) mass is 393 g/mol. The van der Waals surface area contributed by atoms with Gasteiger partial charge in [-0.3, -0.25) is 14.9 Å². The van der Waals surface area contributed by atoms with Gasteiger partial charge < -0.3 is 10.2 Å². The highest BCUT2D eigenvalue weighted by atomic mass is 19.1. The Hall–Kier alpha value is -2.67. The Morgan fingerprint density at radius 1 is 1.03 bits per heavy atom. The minimum atomic E-state index is -1.49. The Bertz CT molecular complexity index is 882. The molecule has 4 rings (SSSR count). The fourth-order valence-corrected chi connectivity index (χ4v) is 4.37. The van der Waals surface area contributed by atoms with Crippen LogP contribution in [0.4, 0.5) is 4.39 Å². The Morgan fingerprint density at radius 2 is 1.66 bits per heavy atom. The molecular weight excluding hydrogens is 369 g/mol. The van der Waals surface area contributed by atoms with Crippen LogP contribution in [0, 0.1) is 5.82 Å². The molecule has 0 spiro atoms. The second-order valence-corrected chi connectivity index (χ2v) is 7.42. The Kier molecular flexibility index (Phi) is 5.67. The number of hydrogen-bond donors (Lipinski definition) is 2. The Labute approximate surface area is 169 Å². The SMILES string of the molecule is OC[C@@H]1CCCN1C(c1ccc(F)cc1)C(O)(c1cccnc1)c1cccnc1. The number of rotatable bonds is 6. The van der Waals surface area contributed by atoms with E-state index in [1.165, 1.54) is 12.1 Å². The summed E-state index contributed by atoms with van der Waals surface area (Å²) in [6.45, 7) is 0.712. The smallest absolute Gasteiger partial charge is 0.137 e. The first kappa shape index (κ1) is 19.6. The highest BCUT2D eigenvalue weighted by molar-refractivity contribution is 5.40. The molecule has 0 aliphatic carbocycles. The molecule has 5 nitrogen and oxygen atoms in total. The minimum Gasteiger partial charge on any atom is -0.395 e. The van der Waals surface area contributed by atoms with E-state index in [2.05, 4.69) is 14.9 Å². The van der Waals surface area contributed by atoms with E-state index in [1.807, 2.05) is 12.1 Å². The van der Waals surface area contributed by atoms with Gasteiger partial charge in [-0.2, -0.15) is 0 Å². The maximum Gasteiger partial charge on any atom is 0.137 e. The van der Waals surface area contributed by atoms with Gasteiger partial charge in [-0.05, 0) is 49.2 Å². The summed E-state index contributed by atoms with van der Waals surface area (Å²) in [7, 11) is 0. The van der Waals surface area contributed by atoms with Crippen LogP contribution in [0.3, 0.4) is 0 Å². The van der Waals surface area contributed by atoms with Crippen molar-refractivity contribution in [2.45, 2.75) is 30.5 Å². The van der Waals surface area contributed by atoms with Crippen LogP contribution in [0.2, 0.25) is 0 Å². The number of nitrogens with zero attached hydrogens (tertiary/aromatic N) is 3. The minimum absolute atomic E-state index is 0.00610. The van der Waals surface area contributed by atoms with Gasteiger partial charge in [0.1, 0.15) is 11.4 Å². The van der Waals surface area contributed by atoms with Gasteiger partial charge in [0.25, 0.3) is 0 Å². The van der Waals surface area contributed by atoms with Crippen molar-refractivity contribution in [1.82, 2.24) is 14.9 Å². The molecule has 3 aromatic rings. The van der Waals surface area contributed by atoms with Crippen molar-refractivity contribution in [3.8, 4) is 0 Å². The van der Waals surface area contributed by atoms with Gasteiger partial charge in [0.15, 0.2) is 0 Å². The van der Waals surface area contributed by atoms with Crippen molar-refractivity contribution < 1.29 is 14.6 Å².